The standard InChI is InChI=1S/C11H7ClF4N2S/c12-5-1-2-7(13)6(3-5)9(17)8-4-18-10(19-8)11(14,15)16/h1-4,9H,17H2. The first kappa shape index (κ1) is 14.2. The van der Waals surface area contributed by atoms with Crippen molar-refractivity contribution < 1.29 is 17.6 Å². The first-order chi connectivity index (χ1) is 8.79. The van der Waals surface area contributed by atoms with Gasteiger partial charge in [-0.05, 0) is 18.2 Å². The van der Waals surface area contributed by atoms with Crippen LogP contribution in [-0.2, 0) is 6.18 Å². The first-order valence-electron chi connectivity index (χ1n) is 5.02. The van der Waals surface area contributed by atoms with E-state index in [1.165, 1.54) is 12.1 Å². The molecule has 0 saturated heterocycles. The predicted octanol–water partition coefficient (Wildman–Crippen LogP) is 4.00. The topological polar surface area (TPSA) is 38.9 Å². The minimum absolute atomic E-state index is 0.0323. The molecule has 8 heteroatoms. The lowest BCUT2D eigenvalue weighted by Gasteiger charge is -2.11. The molecule has 1 aromatic carbocycles. The molecule has 2 nitrogen and oxygen atoms in total. The van der Waals surface area contributed by atoms with Gasteiger partial charge >= 0.3 is 6.18 Å². The van der Waals surface area contributed by atoms with Gasteiger partial charge in [0.05, 0.1) is 6.04 Å². The van der Waals surface area contributed by atoms with Gasteiger partial charge in [0.2, 0.25) is 0 Å². The van der Waals surface area contributed by atoms with Gasteiger partial charge in [-0.25, -0.2) is 9.37 Å². The van der Waals surface area contributed by atoms with Crippen molar-refractivity contribution in [1.29, 1.82) is 0 Å². The number of halogens is 5. The molecule has 0 aliphatic rings. The number of benzene rings is 1. The number of hydrogen-bond acceptors (Lipinski definition) is 3. The van der Waals surface area contributed by atoms with Crippen LogP contribution in [0.15, 0.2) is 24.4 Å². The third-order valence-electron chi connectivity index (χ3n) is 2.37. The van der Waals surface area contributed by atoms with E-state index in [1.807, 2.05) is 0 Å². The summed E-state index contributed by atoms with van der Waals surface area (Å²) in [6, 6.07) is 2.70. The van der Waals surface area contributed by atoms with Crippen molar-refractivity contribution in [2.45, 2.75) is 12.2 Å². The van der Waals surface area contributed by atoms with Crippen LogP contribution in [0.1, 0.15) is 21.5 Å². The number of nitrogens with zero attached hydrogens (tertiary/aromatic N) is 1. The van der Waals surface area contributed by atoms with Gasteiger partial charge in [-0.2, -0.15) is 13.2 Å². The molecule has 19 heavy (non-hydrogen) atoms. The molecule has 0 amide bonds. The molecule has 0 aliphatic heterocycles. The Kier molecular flexibility index (Phi) is 3.80. The van der Waals surface area contributed by atoms with Gasteiger partial charge in [0.1, 0.15) is 5.82 Å². The molecule has 0 bridgehead atoms. The maximum Gasteiger partial charge on any atom is 0.443 e. The maximum atomic E-state index is 13.6. The molecule has 0 saturated carbocycles. The predicted molar refractivity (Wildman–Crippen MR) is 64.6 cm³/mol. The minimum Gasteiger partial charge on any atom is -0.319 e. The van der Waals surface area contributed by atoms with Crippen molar-refractivity contribution in [1.82, 2.24) is 4.98 Å². The van der Waals surface area contributed by atoms with E-state index in [-0.39, 0.29) is 15.5 Å². The molecule has 1 unspecified atom stereocenters. The molecular formula is C11H7ClF4N2S. The van der Waals surface area contributed by atoms with E-state index >= 15 is 0 Å². The zero-order valence-corrected chi connectivity index (χ0v) is 10.8. The lowest BCUT2D eigenvalue weighted by atomic mass is 10.1. The largest absolute Gasteiger partial charge is 0.443 e. The van der Waals surface area contributed by atoms with Gasteiger partial charge in [0.25, 0.3) is 0 Å². The van der Waals surface area contributed by atoms with Crippen LogP contribution in [0.4, 0.5) is 17.6 Å². The summed E-state index contributed by atoms with van der Waals surface area (Å²) >= 11 is 6.10. The number of rotatable bonds is 2. The Bertz CT molecular complexity index is 597. The van der Waals surface area contributed by atoms with E-state index in [4.69, 9.17) is 17.3 Å². The summed E-state index contributed by atoms with van der Waals surface area (Å²) in [5.74, 6) is -0.626. The van der Waals surface area contributed by atoms with Crippen LogP contribution in [0.5, 0.6) is 0 Å². The van der Waals surface area contributed by atoms with Crippen molar-refractivity contribution in [2.24, 2.45) is 5.73 Å². The Hall–Kier alpha value is -1.18. The molecular weight excluding hydrogens is 304 g/mol. The van der Waals surface area contributed by atoms with Crippen LogP contribution >= 0.6 is 22.9 Å². The molecule has 2 rings (SSSR count). The number of hydrogen-bond donors (Lipinski definition) is 1. The smallest absolute Gasteiger partial charge is 0.319 e. The summed E-state index contributed by atoms with van der Waals surface area (Å²) in [7, 11) is 0. The van der Waals surface area contributed by atoms with Crippen molar-refractivity contribution in [3.8, 4) is 0 Å². The summed E-state index contributed by atoms with van der Waals surface area (Å²) in [5.41, 5.74) is 5.78. The van der Waals surface area contributed by atoms with Gasteiger partial charge in [0.15, 0.2) is 5.01 Å². The lowest BCUT2D eigenvalue weighted by Crippen LogP contribution is -2.12. The summed E-state index contributed by atoms with van der Waals surface area (Å²) < 4.78 is 50.8. The third kappa shape index (κ3) is 3.05. The molecule has 0 spiro atoms. The number of aromatic nitrogens is 1. The van der Waals surface area contributed by atoms with Gasteiger partial charge in [-0.1, -0.05) is 11.6 Å². The van der Waals surface area contributed by atoms with E-state index in [2.05, 4.69) is 4.98 Å². The van der Waals surface area contributed by atoms with Crippen molar-refractivity contribution in [3.63, 3.8) is 0 Å². The van der Waals surface area contributed by atoms with E-state index in [0.29, 0.717) is 11.3 Å². The van der Waals surface area contributed by atoms with Gasteiger partial charge in [-0.15, -0.1) is 11.3 Å². The summed E-state index contributed by atoms with van der Waals surface area (Å²) in [6.07, 6.45) is -3.53. The first-order valence-corrected chi connectivity index (χ1v) is 6.22. The third-order valence-corrected chi connectivity index (χ3v) is 3.73. The fourth-order valence-electron chi connectivity index (χ4n) is 1.47. The average molecular weight is 311 g/mol. The molecule has 2 N–H and O–H groups in total. The number of nitrogens with two attached hydrogens (primary N) is 1. The quantitative estimate of drug-likeness (QED) is 0.851. The van der Waals surface area contributed by atoms with Crippen molar-refractivity contribution in [3.05, 3.63) is 50.7 Å². The molecule has 102 valence electrons. The second-order valence-corrected chi connectivity index (χ2v) is 5.21. The van der Waals surface area contributed by atoms with Crippen molar-refractivity contribution >= 4 is 22.9 Å². The fourth-order valence-corrected chi connectivity index (χ4v) is 2.45. The summed E-state index contributed by atoms with van der Waals surface area (Å²) in [4.78, 5) is 3.36. The normalized spacial score (nSPS) is 13.6. The van der Waals surface area contributed by atoms with Gasteiger partial charge in [-0.3, -0.25) is 0 Å². The zero-order valence-electron chi connectivity index (χ0n) is 9.21. The Balaban J connectivity index is 2.36. The Morgan fingerprint density at radius 3 is 2.58 bits per heavy atom. The highest BCUT2D eigenvalue weighted by Crippen LogP contribution is 2.36. The minimum atomic E-state index is -4.53. The molecule has 0 radical (unpaired) electrons. The molecule has 1 aromatic heterocycles. The lowest BCUT2D eigenvalue weighted by molar-refractivity contribution is -0.137. The molecule has 0 aliphatic carbocycles. The summed E-state index contributed by atoms with van der Waals surface area (Å²) in [5, 5.41) is -0.757. The van der Waals surface area contributed by atoms with Gasteiger partial charge < -0.3 is 5.73 Å². The van der Waals surface area contributed by atoms with E-state index in [0.717, 1.165) is 12.3 Å². The summed E-state index contributed by atoms with van der Waals surface area (Å²) in [6.45, 7) is 0. The fraction of sp³-hybridized carbons (Fsp3) is 0.182. The maximum absolute atomic E-state index is 13.6. The van der Waals surface area contributed by atoms with Crippen LogP contribution in [0.2, 0.25) is 5.02 Å². The molecule has 0 fully saturated rings. The monoisotopic (exact) mass is 310 g/mol. The van der Waals surface area contributed by atoms with E-state index in [9.17, 15) is 17.6 Å². The Labute approximate surface area is 114 Å². The highest BCUT2D eigenvalue weighted by molar-refractivity contribution is 7.11. The van der Waals surface area contributed by atoms with Crippen LogP contribution in [0, 0.1) is 5.82 Å². The van der Waals surface area contributed by atoms with E-state index in [1.54, 1.807) is 0 Å². The second-order valence-electron chi connectivity index (χ2n) is 3.71. The molecule has 1 heterocycles. The average Bonchev–Trinajstić information content (AvgIpc) is 2.80. The SMILES string of the molecule is NC(c1cnc(C(F)(F)F)s1)c1cc(Cl)ccc1F. The van der Waals surface area contributed by atoms with Crippen molar-refractivity contribution in [2.75, 3.05) is 0 Å². The van der Waals surface area contributed by atoms with Crippen LogP contribution in [0.3, 0.4) is 0 Å². The zero-order chi connectivity index (χ0) is 14.2. The van der Waals surface area contributed by atoms with Crippen LogP contribution in [0.25, 0.3) is 0 Å². The van der Waals surface area contributed by atoms with Gasteiger partial charge in [0, 0.05) is 21.7 Å². The Morgan fingerprint density at radius 1 is 1.32 bits per heavy atom. The number of thiazole rings is 1. The highest BCUT2D eigenvalue weighted by Gasteiger charge is 2.35. The second kappa shape index (κ2) is 5.07. The number of alkyl halides is 3. The van der Waals surface area contributed by atoms with Crippen LogP contribution in [-0.4, -0.2) is 4.98 Å². The molecule has 2 aromatic rings. The molecule has 1 atom stereocenters. The Morgan fingerprint density at radius 2 is 2.00 bits per heavy atom. The van der Waals surface area contributed by atoms with Crippen LogP contribution < -0.4 is 5.73 Å². The van der Waals surface area contributed by atoms with E-state index < -0.39 is 23.0 Å². The highest BCUT2D eigenvalue weighted by atomic mass is 35.5.